The largest absolute Gasteiger partial charge is 0.352 e. The van der Waals surface area contributed by atoms with Crippen LogP contribution in [-0.4, -0.2) is 34.6 Å². The number of carbonyl (C=O) groups excluding carboxylic acids is 2. The number of hydrogen-bond donors (Lipinski definition) is 1. The fourth-order valence-corrected chi connectivity index (χ4v) is 4.68. The molecule has 0 aliphatic carbocycles. The van der Waals surface area contributed by atoms with Crippen LogP contribution < -0.4 is 5.32 Å². The van der Waals surface area contributed by atoms with Crippen molar-refractivity contribution in [3.63, 3.8) is 0 Å². The van der Waals surface area contributed by atoms with Crippen molar-refractivity contribution in [2.75, 3.05) is 5.75 Å². The van der Waals surface area contributed by atoms with E-state index in [4.69, 9.17) is 0 Å². The van der Waals surface area contributed by atoms with Gasteiger partial charge in [0.2, 0.25) is 11.8 Å². The predicted molar refractivity (Wildman–Crippen MR) is 141 cm³/mol. The minimum absolute atomic E-state index is 0.0509. The molecule has 184 valence electrons. The quantitative estimate of drug-likeness (QED) is 0.334. The predicted octanol–water partition coefficient (Wildman–Crippen LogP) is 5.61. The number of nitrogens with zero attached hydrogens (tertiary/aromatic N) is 1. The van der Waals surface area contributed by atoms with Crippen molar-refractivity contribution in [2.45, 2.75) is 51.1 Å². The molecule has 0 aliphatic rings. The third-order valence-electron chi connectivity index (χ3n) is 5.54. The van der Waals surface area contributed by atoms with Crippen molar-refractivity contribution >= 4 is 23.6 Å². The number of carbonyl (C=O) groups is 2. The van der Waals surface area contributed by atoms with Crippen LogP contribution in [0.25, 0.3) is 0 Å². The highest BCUT2D eigenvalue weighted by Crippen LogP contribution is 2.19. The van der Waals surface area contributed by atoms with Crippen molar-refractivity contribution in [2.24, 2.45) is 0 Å². The Hall–Kier alpha value is -3.12. The molecule has 0 bridgehead atoms. The van der Waals surface area contributed by atoms with Gasteiger partial charge in [0.1, 0.15) is 11.9 Å². The van der Waals surface area contributed by atoms with E-state index in [2.05, 4.69) is 17.4 Å². The molecule has 2 amide bonds. The fourth-order valence-electron chi connectivity index (χ4n) is 3.79. The van der Waals surface area contributed by atoms with Crippen LogP contribution in [0.5, 0.6) is 0 Å². The molecule has 3 aromatic carbocycles. The molecule has 4 nitrogen and oxygen atoms in total. The molecule has 35 heavy (non-hydrogen) atoms. The number of halogens is 1. The number of rotatable bonds is 12. The SMILES string of the molecule is CC(C)NC(=O)C(Cc1ccccc1)N(Cc1ccc(F)cc1)C(=O)CCSCc1ccccc1. The molecule has 1 N–H and O–H groups in total. The highest BCUT2D eigenvalue weighted by Gasteiger charge is 2.30. The van der Waals surface area contributed by atoms with Gasteiger partial charge in [0.25, 0.3) is 0 Å². The van der Waals surface area contributed by atoms with Crippen molar-refractivity contribution in [3.8, 4) is 0 Å². The second kappa shape index (κ2) is 13.7. The van der Waals surface area contributed by atoms with E-state index in [0.29, 0.717) is 18.6 Å². The topological polar surface area (TPSA) is 49.4 Å². The summed E-state index contributed by atoms with van der Waals surface area (Å²) in [6.45, 7) is 4.05. The lowest BCUT2D eigenvalue weighted by Gasteiger charge is -2.32. The van der Waals surface area contributed by atoms with Gasteiger partial charge >= 0.3 is 0 Å². The molecule has 0 saturated heterocycles. The van der Waals surface area contributed by atoms with Crippen LogP contribution in [0.15, 0.2) is 84.9 Å². The van der Waals surface area contributed by atoms with E-state index >= 15 is 0 Å². The summed E-state index contributed by atoms with van der Waals surface area (Å²) in [6.07, 6.45) is 0.725. The van der Waals surface area contributed by atoms with E-state index < -0.39 is 6.04 Å². The second-order valence-electron chi connectivity index (χ2n) is 8.81. The average molecular weight is 493 g/mol. The zero-order valence-corrected chi connectivity index (χ0v) is 21.1. The number of thioether (sulfide) groups is 1. The van der Waals surface area contributed by atoms with E-state index in [1.165, 1.54) is 17.7 Å². The van der Waals surface area contributed by atoms with Gasteiger partial charge in [-0.25, -0.2) is 4.39 Å². The van der Waals surface area contributed by atoms with E-state index in [-0.39, 0.29) is 30.2 Å². The summed E-state index contributed by atoms with van der Waals surface area (Å²) in [7, 11) is 0. The lowest BCUT2D eigenvalue weighted by atomic mass is 10.0. The Balaban J connectivity index is 1.78. The zero-order chi connectivity index (χ0) is 25.0. The van der Waals surface area contributed by atoms with Gasteiger partial charge < -0.3 is 10.2 Å². The Bertz CT molecular complexity index is 1060. The normalized spacial score (nSPS) is 11.8. The minimum Gasteiger partial charge on any atom is -0.352 e. The molecular formula is C29H33FN2O2S. The van der Waals surface area contributed by atoms with E-state index in [0.717, 1.165) is 16.9 Å². The minimum atomic E-state index is -0.670. The summed E-state index contributed by atoms with van der Waals surface area (Å²) in [6, 6.07) is 25.2. The van der Waals surface area contributed by atoms with Crippen LogP contribution in [0.1, 0.15) is 37.0 Å². The van der Waals surface area contributed by atoms with Gasteiger partial charge in [0.05, 0.1) is 0 Å². The molecule has 0 heterocycles. The molecule has 3 rings (SSSR count). The molecular weight excluding hydrogens is 459 g/mol. The van der Waals surface area contributed by atoms with E-state index in [9.17, 15) is 14.0 Å². The Kier molecular flexibility index (Phi) is 10.4. The molecule has 0 spiro atoms. The maximum Gasteiger partial charge on any atom is 0.243 e. The van der Waals surface area contributed by atoms with Crippen LogP contribution in [0, 0.1) is 5.82 Å². The van der Waals surface area contributed by atoms with E-state index in [1.54, 1.807) is 28.8 Å². The first-order valence-corrected chi connectivity index (χ1v) is 13.1. The summed E-state index contributed by atoms with van der Waals surface area (Å²) in [5, 5.41) is 2.98. The molecule has 1 atom stereocenters. The third-order valence-corrected chi connectivity index (χ3v) is 6.57. The Morgan fingerprint density at radius 2 is 1.46 bits per heavy atom. The highest BCUT2D eigenvalue weighted by molar-refractivity contribution is 7.98. The van der Waals surface area contributed by atoms with Crippen LogP contribution >= 0.6 is 11.8 Å². The van der Waals surface area contributed by atoms with Crippen molar-refractivity contribution in [1.29, 1.82) is 0 Å². The Labute approximate surface area is 211 Å². The molecule has 0 aromatic heterocycles. The fraction of sp³-hybridized carbons (Fsp3) is 0.310. The first-order valence-electron chi connectivity index (χ1n) is 11.9. The monoisotopic (exact) mass is 492 g/mol. The summed E-state index contributed by atoms with van der Waals surface area (Å²) in [5.74, 6) is 0.874. The van der Waals surface area contributed by atoms with Crippen LogP contribution in [0.3, 0.4) is 0 Å². The van der Waals surface area contributed by atoms with Gasteiger partial charge in [0.15, 0.2) is 0 Å². The summed E-state index contributed by atoms with van der Waals surface area (Å²) in [5.41, 5.74) is 2.98. The molecule has 0 radical (unpaired) electrons. The van der Waals surface area contributed by atoms with Gasteiger partial charge in [-0.3, -0.25) is 9.59 Å². The molecule has 1 unspecified atom stereocenters. The van der Waals surface area contributed by atoms with Crippen LogP contribution in [-0.2, 0) is 28.3 Å². The Morgan fingerprint density at radius 3 is 2.06 bits per heavy atom. The smallest absolute Gasteiger partial charge is 0.243 e. The standard InChI is InChI=1S/C29H33FN2O2S/c1-22(2)31-29(34)27(19-23-9-5-3-6-10-23)32(20-24-13-15-26(30)16-14-24)28(33)17-18-35-21-25-11-7-4-8-12-25/h3-16,22,27H,17-21H2,1-2H3,(H,31,34). The number of amides is 2. The van der Waals surface area contributed by atoms with Gasteiger partial charge in [-0.2, -0.15) is 11.8 Å². The second-order valence-corrected chi connectivity index (χ2v) is 9.91. The lowest BCUT2D eigenvalue weighted by molar-refractivity contribution is -0.141. The molecule has 0 fully saturated rings. The number of nitrogens with one attached hydrogen (secondary N) is 1. The molecule has 0 aliphatic heterocycles. The van der Waals surface area contributed by atoms with E-state index in [1.807, 2.05) is 62.4 Å². The van der Waals surface area contributed by atoms with Gasteiger partial charge in [-0.15, -0.1) is 0 Å². The van der Waals surface area contributed by atoms with Gasteiger partial charge in [-0.1, -0.05) is 72.8 Å². The third kappa shape index (κ3) is 8.87. The van der Waals surface area contributed by atoms with Crippen molar-refractivity contribution in [3.05, 3.63) is 107 Å². The first-order chi connectivity index (χ1) is 16.9. The lowest BCUT2D eigenvalue weighted by Crippen LogP contribution is -2.51. The number of benzene rings is 3. The van der Waals surface area contributed by atoms with Crippen molar-refractivity contribution < 1.29 is 14.0 Å². The van der Waals surface area contributed by atoms with Crippen LogP contribution in [0.4, 0.5) is 4.39 Å². The van der Waals surface area contributed by atoms with Crippen molar-refractivity contribution in [1.82, 2.24) is 10.2 Å². The van der Waals surface area contributed by atoms with Crippen LogP contribution in [0.2, 0.25) is 0 Å². The highest BCUT2D eigenvalue weighted by atomic mass is 32.2. The molecule has 0 saturated carbocycles. The zero-order valence-electron chi connectivity index (χ0n) is 20.3. The first kappa shape index (κ1) is 26.5. The summed E-state index contributed by atoms with van der Waals surface area (Å²) >= 11 is 1.70. The average Bonchev–Trinajstić information content (AvgIpc) is 2.86. The van der Waals surface area contributed by atoms with Gasteiger partial charge in [0, 0.05) is 36.9 Å². The maximum atomic E-state index is 13.5. The summed E-state index contributed by atoms with van der Waals surface area (Å²) < 4.78 is 13.5. The summed E-state index contributed by atoms with van der Waals surface area (Å²) in [4.78, 5) is 28.5. The number of hydrogen-bond acceptors (Lipinski definition) is 3. The maximum absolute atomic E-state index is 13.5. The Morgan fingerprint density at radius 1 is 0.857 bits per heavy atom. The molecule has 3 aromatic rings. The molecule has 6 heteroatoms. The van der Waals surface area contributed by atoms with Gasteiger partial charge in [-0.05, 0) is 42.7 Å².